The summed E-state index contributed by atoms with van der Waals surface area (Å²) >= 11 is 0. The third-order valence-electron chi connectivity index (χ3n) is 6.96. The summed E-state index contributed by atoms with van der Waals surface area (Å²) in [7, 11) is 0. The van der Waals surface area contributed by atoms with E-state index in [0.717, 1.165) is 12.1 Å². The summed E-state index contributed by atoms with van der Waals surface area (Å²) in [6.45, 7) is 2.73. The zero-order valence-electron chi connectivity index (χ0n) is 27.6. The number of halogens is 6. The lowest BCUT2D eigenvalue weighted by Crippen LogP contribution is -2.54. The van der Waals surface area contributed by atoms with Crippen LogP contribution in [0.5, 0.6) is 0 Å². The highest BCUT2D eigenvalue weighted by atomic mass is 19.4. The molecule has 51 heavy (non-hydrogen) atoms. The van der Waals surface area contributed by atoms with E-state index in [4.69, 9.17) is 5.73 Å². The smallest absolute Gasteiger partial charge is 0.382 e. The molecule has 0 aromatic heterocycles. The number of benzene rings is 2. The van der Waals surface area contributed by atoms with Gasteiger partial charge in [0.05, 0.1) is 25.6 Å². The van der Waals surface area contributed by atoms with E-state index in [1.807, 2.05) is 5.32 Å². The van der Waals surface area contributed by atoms with Gasteiger partial charge in [0, 0.05) is 18.4 Å². The summed E-state index contributed by atoms with van der Waals surface area (Å²) in [5, 5.41) is 24.6. The Morgan fingerprint density at radius 1 is 0.824 bits per heavy atom. The summed E-state index contributed by atoms with van der Waals surface area (Å²) in [4.78, 5) is 61.5. The van der Waals surface area contributed by atoms with Crippen LogP contribution in [0.1, 0.15) is 49.8 Å². The number of aliphatic hydroxyl groups excluding tert-OH is 1. The van der Waals surface area contributed by atoms with Crippen LogP contribution in [0.25, 0.3) is 0 Å². The first-order valence-electron chi connectivity index (χ1n) is 15.6. The number of nitrogens with two attached hydrogens (primary N) is 1. The topological polar surface area (TPSA) is 204 Å². The number of carbonyl (C=O) groups excluding carboxylic acids is 5. The second-order valence-electron chi connectivity index (χ2n) is 11.4. The fraction of sp³-hybridized carbons (Fsp3) is 0.469. The van der Waals surface area contributed by atoms with E-state index in [1.165, 1.54) is 18.6 Å². The average molecular weight is 732 g/mol. The van der Waals surface area contributed by atoms with Gasteiger partial charge in [0.25, 0.3) is 0 Å². The molecule has 2 aromatic carbocycles. The number of aliphatic hydroxyl groups is 1. The lowest BCUT2D eigenvalue weighted by molar-refractivity contribution is -0.212. The van der Waals surface area contributed by atoms with Crippen molar-refractivity contribution in [2.24, 2.45) is 16.0 Å². The van der Waals surface area contributed by atoms with Crippen LogP contribution in [0.2, 0.25) is 0 Å². The van der Waals surface area contributed by atoms with E-state index in [1.54, 1.807) is 30.3 Å². The van der Waals surface area contributed by atoms with Gasteiger partial charge >= 0.3 is 18.0 Å². The highest BCUT2D eigenvalue weighted by molar-refractivity contribution is 5.92. The molecule has 0 aliphatic carbocycles. The Hall–Kier alpha value is -5.07. The molecular weight excluding hydrogens is 692 g/mol. The van der Waals surface area contributed by atoms with Crippen LogP contribution >= 0.6 is 0 Å². The Labute approximate surface area is 288 Å². The molecular formula is C32H39F6N7O6. The molecule has 1 heterocycles. The Balaban J connectivity index is 0.00000290. The van der Waals surface area contributed by atoms with E-state index in [-0.39, 0.29) is 17.5 Å². The van der Waals surface area contributed by atoms with Crippen molar-refractivity contribution in [1.29, 1.82) is 0 Å². The molecule has 2 unspecified atom stereocenters. The summed E-state index contributed by atoms with van der Waals surface area (Å²) in [6.07, 6.45) is -13.4. The monoisotopic (exact) mass is 731 g/mol. The number of hydrogen-bond donors (Lipinski definition) is 6. The largest absolute Gasteiger partial charge is 0.442 e. The van der Waals surface area contributed by atoms with Crippen molar-refractivity contribution < 1.29 is 55.4 Å². The van der Waals surface area contributed by atoms with E-state index in [0.29, 0.717) is 5.56 Å². The summed E-state index contributed by atoms with van der Waals surface area (Å²) in [5.74, 6) is -4.64. The average Bonchev–Trinajstić information content (AvgIpc) is 3.87. The predicted octanol–water partition coefficient (Wildman–Crippen LogP) is 2.46. The van der Waals surface area contributed by atoms with E-state index >= 15 is 0 Å². The Morgan fingerprint density at radius 2 is 1.39 bits per heavy atom. The van der Waals surface area contributed by atoms with Crippen LogP contribution in [0.4, 0.5) is 26.3 Å². The van der Waals surface area contributed by atoms with Crippen LogP contribution < -0.4 is 27.0 Å². The van der Waals surface area contributed by atoms with Gasteiger partial charge < -0.3 is 32.1 Å². The van der Waals surface area contributed by atoms with Crippen molar-refractivity contribution in [2.45, 2.75) is 82.2 Å². The molecule has 1 aliphatic heterocycles. The molecule has 13 nitrogen and oxygen atoms in total. The fourth-order valence-electron chi connectivity index (χ4n) is 4.46. The first kappa shape index (κ1) is 42.1. The van der Waals surface area contributed by atoms with Crippen LogP contribution in [-0.4, -0.2) is 78.3 Å². The van der Waals surface area contributed by atoms with Gasteiger partial charge in [-0.25, -0.2) is 0 Å². The number of nitrogens with zero attached hydrogens (tertiary/aromatic N) is 2. The van der Waals surface area contributed by atoms with Crippen molar-refractivity contribution in [3.63, 3.8) is 0 Å². The molecule has 280 valence electrons. The van der Waals surface area contributed by atoms with Crippen molar-refractivity contribution in [1.82, 2.24) is 21.3 Å². The summed E-state index contributed by atoms with van der Waals surface area (Å²) < 4.78 is 79.1. The number of amides is 5. The molecule has 3 atom stereocenters. The molecule has 0 spiro atoms. The van der Waals surface area contributed by atoms with Crippen LogP contribution in [0.3, 0.4) is 0 Å². The third-order valence-corrected chi connectivity index (χ3v) is 6.96. The lowest BCUT2D eigenvalue weighted by atomic mass is 9.99. The molecule has 7 N–H and O–H groups in total. The number of primary amides is 1. The van der Waals surface area contributed by atoms with Crippen molar-refractivity contribution >= 4 is 29.5 Å². The minimum atomic E-state index is -5.14. The minimum Gasteiger partial charge on any atom is -0.382 e. The van der Waals surface area contributed by atoms with Crippen LogP contribution in [0, 0.1) is 0 Å². The van der Waals surface area contributed by atoms with Crippen LogP contribution in [0.15, 0.2) is 64.8 Å². The maximum Gasteiger partial charge on any atom is 0.442 e. The van der Waals surface area contributed by atoms with Gasteiger partial charge in [-0.3, -0.25) is 24.0 Å². The third kappa shape index (κ3) is 13.6. The lowest BCUT2D eigenvalue weighted by Gasteiger charge is -2.26. The molecule has 5 amide bonds. The van der Waals surface area contributed by atoms with Gasteiger partial charge in [0.2, 0.25) is 29.5 Å². The SMILES string of the molecule is CCC.NC(=O)CCC(NC(=O)CNC(=O)[C@H](Cc1ccccc1)NC(=O)CNC(=O)Cc1cccc(C2(C(F)(F)F)N=N2)c1)C(O)C(F)(F)F. The molecule has 3 rings (SSSR count). The number of alkyl halides is 6. The Bertz CT molecular complexity index is 1530. The summed E-state index contributed by atoms with van der Waals surface area (Å²) in [6, 6.07) is 9.94. The number of rotatable bonds is 16. The predicted molar refractivity (Wildman–Crippen MR) is 169 cm³/mol. The van der Waals surface area contributed by atoms with Gasteiger partial charge in [-0.15, -0.1) is 10.2 Å². The van der Waals surface area contributed by atoms with Gasteiger partial charge in [0.15, 0.2) is 6.10 Å². The van der Waals surface area contributed by atoms with Crippen molar-refractivity contribution in [3.05, 3.63) is 71.3 Å². The maximum absolute atomic E-state index is 13.3. The number of nitrogens with one attached hydrogen (secondary N) is 4. The fourth-order valence-corrected chi connectivity index (χ4v) is 4.46. The van der Waals surface area contributed by atoms with Gasteiger partial charge in [-0.05, 0) is 17.5 Å². The van der Waals surface area contributed by atoms with Gasteiger partial charge in [-0.2, -0.15) is 26.3 Å². The van der Waals surface area contributed by atoms with Crippen molar-refractivity contribution in [3.8, 4) is 0 Å². The van der Waals surface area contributed by atoms with E-state index < -0.39 is 98.1 Å². The molecule has 0 saturated carbocycles. The molecule has 0 radical (unpaired) electrons. The first-order valence-corrected chi connectivity index (χ1v) is 15.6. The summed E-state index contributed by atoms with van der Waals surface area (Å²) in [5.41, 5.74) is 2.75. The number of hydrogen-bond acceptors (Lipinski definition) is 8. The zero-order valence-corrected chi connectivity index (χ0v) is 27.6. The molecule has 0 saturated heterocycles. The quantitative estimate of drug-likeness (QED) is 0.143. The van der Waals surface area contributed by atoms with Crippen molar-refractivity contribution in [2.75, 3.05) is 13.1 Å². The number of carbonyl (C=O) groups is 5. The Kier molecular flexibility index (Phi) is 15.5. The van der Waals surface area contributed by atoms with Crippen LogP contribution in [-0.2, 0) is 42.5 Å². The molecule has 1 aliphatic rings. The normalized spacial score (nSPS) is 14.8. The molecule has 0 bridgehead atoms. The standard InChI is InChI=1S/C29H31F6N7O6.C3H8/c30-28(31,32)25(47)19(9-10-21(36)43)39-24(46)15-38-26(48)20(12-16-5-2-1-3-6-16)40-23(45)14-37-22(44)13-17-7-4-8-18(11-17)27(41-42-27)29(33,34)35;1-3-2/h1-8,11,19-20,25,47H,9-10,12-15H2,(H2,36,43)(H,37,44)(H,38,48)(H,39,46)(H,40,45);3H2,1-2H3/t19?,20-,25?;/m0./s1. The highest BCUT2D eigenvalue weighted by Gasteiger charge is 2.65. The first-order chi connectivity index (χ1) is 23.8. The van der Waals surface area contributed by atoms with E-state index in [2.05, 4.69) is 40.0 Å². The molecule has 2 aromatic rings. The molecule has 19 heteroatoms. The minimum absolute atomic E-state index is 0.105. The zero-order chi connectivity index (χ0) is 38.4. The molecule has 0 fully saturated rings. The Morgan fingerprint density at radius 3 is 1.94 bits per heavy atom. The van der Waals surface area contributed by atoms with Gasteiger partial charge in [-0.1, -0.05) is 74.9 Å². The highest BCUT2D eigenvalue weighted by Crippen LogP contribution is 2.52. The second kappa shape index (κ2) is 18.8. The van der Waals surface area contributed by atoms with Gasteiger partial charge in [0.1, 0.15) is 6.04 Å². The maximum atomic E-state index is 13.3. The second-order valence-corrected chi connectivity index (χ2v) is 11.4. The van der Waals surface area contributed by atoms with E-state index in [9.17, 15) is 55.4 Å².